The molecule has 0 radical (unpaired) electrons. The standard InChI is InChI=1S/C22H26N4O/c1-4-12-26(17-21-7-5-6-20(13-21)14-23)22(27)24-15-18-8-10-19(11-9-18)16-25(2)3/h4-11,13H,1,12,15-17H2,2-3H3,(H,24,27). The third kappa shape index (κ3) is 6.61. The summed E-state index contributed by atoms with van der Waals surface area (Å²) >= 11 is 0. The highest BCUT2D eigenvalue weighted by atomic mass is 16.2. The van der Waals surface area contributed by atoms with Crippen molar-refractivity contribution in [3.05, 3.63) is 83.4 Å². The zero-order valence-electron chi connectivity index (χ0n) is 16.0. The molecule has 27 heavy (non-hydrogen) atoms. The van der Waals surface area contributed by atoms with E-state index in [9.17, 15) is 4.79 Å². The molecule has 1 N–H and O–H groups in total. The molecule has 2 aromatic rings. The Kier molecular flexibility index (Phi) is 7.60. The number of amides is 2. The minimum atomic E-state index is -0.158. The molecule has 0 aromatic heterocycles. The van der Waals surface area contributed by atoms with Gasteiger partial charge in [0.2, 0.25) is 0 Å². The van der Waals surface area contributed by atoms with Crippen LogP contribution in [0.5, 0.6) is 0 Å². The van der Waals surface area contributed by atoms with Crippen LogP contribution in [0.25, 0.3) is 0 Å². The molecular formula is C22H26N4O. The van der Waals surface area contributed by atoms with Crippen LogP contribution >= 0.6 is 0 Å². The van der Waals surface area contributed by atoms with E-state index in [0.29, 0.717) is 25.2 Å². The van der Waals surface area contributed by atoms with Gasteiger partial charge in [-0.3, -0.25) is 0 Å². The second kappa shape index (κ2) is 10.1. The lowest BCUT2D eigenvalue weighted by Gasteiger charge is -2.22. The number of benzene rings is 2. The molecule has 5 nitrogen and oxygen atoms in total. The van der Waals surface area contributed by atoms with Gasteiger partial charge < -0.3 is 15.1 Å². The van der Waals surface area contributed by atoms with Crippen molar-refractivity contribution in [3.63, 3.8) is 0 Å². The Bertz CT molecular complexity index is 806. The molecule has 0 bridgehead atoms. The predicted molar refractivity (Wildman–Crippen MR) is 108 cm³/mol. The average molecular weight is 362 g/mol. The van der Waals surface area contributed by atoms with E-state index >= 15 is 0 Å². The summed E-state index contributed by atoms with van der Waals surface area (Å²) in [6.45, 7) is 5.95. The van der Waals surface area contributed by atoms with E-state index in [1.54, 1.807) is 23.1 Å². The monoisotopic (exact) mass is 362 g/mol. The van der Waals surface area contributed by atoms with Crippen LogP contribution in [0, 0.1) is 11.3 Å². The van der Waals surface area contributed by atoms with Gasteiger partial charge in [-0.05, 0) is 42.9 Å². The van der Waals surface area contributed by atoms with Crippen molar-refractivity contribution in [3.8, 4) is 6.07 Å². The van der Waals surface area contributed by atoms with Crippen molar-refractivity contribution in [2.24, 2.45) is 0 Å². The Morgan fingerprint density at radius 1 is 1.11 bits per heavy atom. The molecule has 2 amide bonds. The molecule has 2 aromatic carbocycles. The van der Waals surface area contributed by atoms with Crippen molar-refractivity contribution >= 4 is 6.03 Å². The Hall–Kier alpha value is -3.10. The first-order valence-corrected chi connectivity index (χ1v) is 8.87. The third-order valence-corrected chi connectivity index (χ3v) is 4.03. The van der Waals surface area contributed by atoms with Crippen molar-refractivity contribution in [2.75, 3.05) is 20.6 Å². The highest BCUT2D eigenvalue weighted by molar-refractivity contribution is 5.74. The summed E-state index contributed by atoms with van der Waals surface area (Å²) in [4.78, 5) is 16.4. The molecular weight excluding hydrogens is 336 g/mol. The molecule has 0 fully saturated rings. The zero-order chi connectivity index (χ0) is 19.6. The summed E-state index contributed by atoms with van der Waals surface area (Å²) in [5, 5.41) is 12.0. The van der Waals surface area contributed by atoms with Gasteiger partial charge in [0.1, 0.15) is 0 Å². The lowest BCUT2D eigenvalue weighted by Crippen LogP contribution is -2.39. The smallest absolute Gasteiger partial charge is 0.318 e. The summed E-state index contributed by atoms with van der Waals surface area (Å²) in [5.41, 5.74) is 3.79. The molecule has 2 rings (SSSR count). The van der Waals surface area contributed by atoms with E-state index < -0.39 is 0 Å². The summed E-state index contributed by atoms with van der Waals surface area (Å²) in [6.07, 6.45) is 1.70. The summed E-state index contributed by atoms with van der Waals surface area (Å²) in [5.74, 6) is 0. The fourth-order valence-electron chi connectivity index (χ4n) is 2.75. The number of urea groups is 1. The molecule has 0 aliphatic heterocycles. The van der Waals surface area contributed by atoms with Crippen molar-refractivity contribution in [1.82, 2.24) is 15.1 Å². The van der Waals surface area contributed by atoms with E-state index in [-0.39, 0.29) is 6.03 Å². The second-order valence-corrected chi connectivity index (χ2v) is 6.69. The Morgan fingerprint density at radius 3 is 2.44 bits per heavy atom. The minimum absolute atomic E-state index is 0.158. The molecule has 0 spiro atoms. The first-order chi connectivity index (χ1) is 13.0. The normalized spacial score (nSPS) is 10.3. The van der Waals surface area contributed by atoms with Crippen molar-refractivity contribution in [2.45, 2.75) is 19.6 Å². The van der Waals surface area contributed by atoms with E-state index in [0.717, 1.165) is 17.7 Å². The lowest BCUT2D eigenvalue weighted by molar-refractivity contribution is 0.200. The fourth-order valence-corrected chi connectivity index (χ4v) is 2.75. The molecule has 0 aliphatic rings. The third-order valence-electron chi connectivity index (χ3n) is 4.03. The maximum absolute atomic E-state index is 12.6. The summed E-state index contributed by atoms with van der Waals surface area (Å²) in [6, 6.07) is 17.5. The molecule has 0 atom stereocenters. The van der Waals surface area contributed by atoms with E-state index in [2.05, 4.69) is 35.0 Å². The molecule has 0 unspecified atom stereocenters. The van der Waals surface area contributed by atoms with Crippen LogP contribution in [0.15, 0.2) is 61.2 Å². The lowest BCUT2D eigenvalue weighted by atomic mass is 10.1. The van der Waals surface area contributed by atoms with Crippen LogP contribution in [0.3, 0.4) is 0 Å². The first-order valence-electron chi connectivity index (χ1n) is 8.87. The highest BCUT2D eigenvalue weighted by Crippen LogP contribution is 2.09. The average Bonchev–Trinajstić information content (AvgIpc) is 2.66. The predicted octanol–water partition coefficient (Wildman–Crippen LogP) is 3.52. The van der Waals surface area contributed by atoms with Gasteiger partial charge in [-0.15, -0.1) is 6.58 Å². The van der Waals surface area contributed by atoms with Gasteiger partial charge >= 0.3 is 6.03 Å². The Morgan fingerprint density at radius 2 is 1.81 bits per heavy atom. The number of hydrogen-bond acceptors (Lipinski definition) is 3. The SMILES string of the molecule is C=CCN(Cc1cccc(C#N)c1)C(=O)NCc1ccc(CN(C)C)cc1. The van der Waals surface area contributed by atoms with Crippen LogP contribution in [-0.4, -0.2) is 36.5 Å². The highest BCUT2D eigenvalue weighted by Gasteiger charge is 2.12. The van der Waals surface area contributed by atoms with Crippen LogP contribution in [0.1, 0.15) is 22.3 Å². The van der Waals surface area contributed by atoms with Crippen molar-refractivity contribution < 1.29 is 4.79 Å². The molecule has 0 aliphatic carbocycles. The number of nitrogens with one attached hydrogen (secondary N) is 1. The molecule has 140 valence electrons. The second-order valence-electron chi connectivity index (χ2n) is 6.69. The molecule has 0 saturated heterocycles. The Balaban J connectivity index is 1.96. The molecule has 5 heteroatoms. The quantitative estimate of drug-likeness (QED) is 0.731. The van der Waals surface area contributed by atoms with Crippen LogP contribution < -0.4 is 5.32 Å². The Labute approximate surface area is 161 Å². The largest absolute Gasteiger partial charge is 0.334 e. The van der Waals surface area contributed by atoms with E-state index in [1.807, 2.05) is 38.4 Å². The zero-order valence-corrected chi connectivity index (χ0v) is 16.0. The van der Waals surface area contributed by atoms with Crippen LogP contribution in [0.2, 0.25) is 0 Å². The number of rotatable bonds is 8. The number of carbonyl (C=O) groups is 1. The van der Waals surface area contributed by atoms with Crippen molar-refractivity contribution in [1.29, 1.82) is 5.26 Å². The number of nitriles is 1. The van der Waals surface area contributed by atoms with Crippen LogP contribution in [0.4, 0.5) is 4.79 Å². The summed E-state index contributed by atoms with van der Waals surface area (Å²) in [7, 11) is 4.07. The van der Waals surface area contributed by atoms with Gasteiger partial charge in [0.15, 0.2) is 0 Å². The fraction of sp³-hybridized carbons (Fsp3) is 0.273. The minimum Gasteiger partial charge on any atom is -0.334 e. The maximum Gasteiger partial charge on any atom is 0.318 e. The number of nitrogens with zero attached hydrogens (tertiary/aromatic N) is 3. The first kappa shape index (κ1) is 20.2. The molecule has 0 heterocycles. The number of hydrogen-bond donors (Lipinski definition) is 1. The number of carbonyl (C=O) groups excluding carboxylic acids is 1. The van der Waals surface area contributed by atoms with E-state index in [1.165, 1.54) is 5.56 Å². The van der Waals surface area contributed by atoms with Gasteiger partial charge in [0.25, 0.3) is 0 Å². The van der Waals surface area contributed by atoms with Gasteiger partial charge in [-0.1, -0.05) is 42.5 Å². The summed E-state index contributed by atoms with van der Waals surface area (Å²) < 4.78 is 0. The van der Waals surface area contributed by atoms with Gasteiger partial charge in [-0.25, -0.2) is 4.79 Å². The van der Waals surface area contributed by atoms with Gasteiger partial charge in [0, 0.05) is 26.2 Å². The topological polar surface area (TPSA) is 59.4 Å². The van der Waals surface area contributed by atoms with Gasteiger partial charge in [-0.2, -0.15) is 5.26 Å². The van der Waals surface area contributed by atoms with Crippen LogP contribution in [-0.2, 0) is 19.6 Å². The molecule has 0 saturated carbocycles. The van der Waals surface area contributed by atoms with Gasteiger partial charge in [0.05, 0.1) is 11.6 Å². The van der Waals surface area contributed by atoms with E-state index in [4.69, 9.17) is 5.26 Å². The maximum atomic E-state index is 12.6.